The second-order valence-electron chi connectivity index (χ2n) is 4.17. The smallest absolute Gasteiger partial charge is 0.0969 e. The second-order valence-corrected chi connectivity index (χ2v) is 6.18. The summed E-state index contributed by atoms with van der Waals surface area (Å²) in [6.45, 7) is 7.40. The molecule has 1 N–H and O–H groups in total. The minimum absolute atomic E-state index is 0.150. The van der Waals surface area contributed by atoms with Crippen LogP contribution in [0.4, 0.5) is 0 Å². The van der Waals surface area contributed by atoms with Gasteiger partial charge in [-0.05, 0) is 26.2 Å². The number of β-amino-alcohol motifs (C(OH)–C–C–N with tert-alkyl or cyclic N) is 1. The summed E-state index contributed by atoms with van der Waals surface area (Å²) in [5.74, 6) is 0.450. The molecule has 1 fully saturated rings. The van der Waals surface area contributed by atoms with Crippen LogP contribution in [0.1, 0.15) is 27.2 Å². The van der Waals surface area contributed by atoms with Gasteiger partial charge in [-0.2, -0.15) is 0 Å². The molecule has 13 heavy (non-hydrogen) atoms. The van der Waals surface area contributed by atoms with Gasteiger partial charge in [0, 0.05) is 18.3 Å². The molecule has 0 amide bonds. The first-order chi connectivity index (χ1) is 6.00. The minimum atomic E-state index is -0.926. The molecule has 4 heteroatoms. The highest BCUT2D eigenvalue weighted by molar-refractivity contribution is 7.83. The topological polar surface area (TPSA) is 40.5 Å². The van der Waals surface area contributed by atoms with Crippen molar-refractivity contribution >= 4 is 11.0 Å². The van der Waals surface area contributed by atoms with E-state index in [2.05, 4.69) is 6.92 Å². The Morgan fingerprint density at radius 2 is 2.08 bits per heavy atom. The van der Waals surface area contributed by atoms with Gasteiger partial charge in [0.15, 0.2) is 0 Å². The predicted molar refractivity (Wildman–Crippen MR) is 54.6 cm³/mol. The lowest BCUT2D eigenvalue weighted by atomic mass is 10.00. The summed E-state index contributed by atoms with van der Waals surface area (Å²) in [4.78, 5) is 0. The van der Waals surface area contributed by atoms with E-state index < -0.39 is 11.0 Å². The number of hydrogen-bond acceptors (Lipinski definition) is 2. The molecule has 1 saturated heterocycles. The zero-order valence-electron chi connectivity index (χ0n) is 8.56. The third kappa shape index (κ3) is 3.04. The SMILES string of the molecule is CC1CC(O)CN(S(=O)C(C)C)C1. The average Bonchev–Trinajstić information content (AvgIpc) is 2.01. The van der Waals surface area contributed by atoms with E-state index in [1.807, 2.05) is 18.2 Å². The Morgan fingerprint density at radius 1 is 1.46 bits per heavy atom. The maximum atomic E-state index is 11.7. The normalized spacial score (nSPS) is 33.6. The summed E-state index contributed by atoms with van der Waals surface area (Å²) in [5, 5.41) is 9.66. The highest BCUT2D eigenvalue weighted by Crippen LogP contribution is 2.18. The molecule has 1 rings (SSSR count). The molecule has 0 aromatic carbocycles. The Balaban J connectivity index is 2.55. The van der Waals surface area contributed by atoms with Crippen LogP contribution in [0.3, 0.4) is 0 Å². The van der Waals surface area contributed by atoms with Gasteiger partial charge in [-0.25, -0.2) is 8.51 Å². The predicted octanol–water partition coefficient (Wildman–Crippen LogP) is 0.761. The van der Waals surface area contributed by atoms with Crippen molar-refractivity contribution in [2.45, 2.75) is 38.5 Å². The van der Waals surface area contributed by atoms with Crippen LogP contribution in [0.2, 0.25) is 0 Å². The fourth-order valence-electron chi connectivity index (χ4n) is 1.72. The van der Waals surface area contributed by atoms with Crippen molar-refractivity contribution in [2.24, 2.45) is 5.92 Å². The summed E-state index contributed by atoms with van der Waals surface area (Å²) < 4.78 is 13.6. The summed E-state index contributed by atoms with van der Waals surface area (Å²) in [6.07, 6.45) is 0.539. The van der Waals surface area contributed by atoms with Gasteiger partial charge in [-0.3, -0.25) is 0 Å². The molecule has 1 aliphatic rings. The monoisotopic (exact) mass is 205 g/mol. The van der Waals surface area contributed by atoms with Gasteiger partial charge >= 0.3 is 0 Å². The quantitative estimate of drug-likeness (QED) is 0.723. The van der Waals surface area contributed by atoms with Crippen molar-refractivity contribution in [2.75, 3.05) is 13.1 Å². The Bertz CT molecular complexity index is 186. The van der Waals surface area contributed by atoms with E-state index in [0.717, 1.165) is 13.0 Å². The fourth-order valence-corrected chi connectivity index (χ4v) is 3.03. The Morgan fingerprint density at radius 3 is 2.54 bits per heavy atom. The largest absolute Gasteiger partial charge is 0.392 e. The van der Waals surface area contributed by atoms with E-state index in [1.54, 1.807) is 0 Å². The van der Waals surface area contributed by atoms with Gasteiger partial charge in [0.25, 0.3) is 0 Å². The third-order valence-corrected chi connectivity index (χ3v) is 3.88. The minimum Gasteiger partial charge on any atom is -0.392 e. The molecule has 1 aliphatic heterocycles. The first-order valence-electron chi connectivity index (χ1n) is 4.84. The van der Waals surface area contributed by atoms with Crippen LogP contribution in [0.25, 0.3) is 0 Å². The number of rotatable bonds is 2. The zero-order valence-corrected chi connectivity index (χ0v) is 9.38. The van der Waals surface area contributed by atoms with Gasteiger partial charge in [-0.1, -0.05) is 6.92 Å². The molecule has 0 saturated carbocycles. The molecule has 3 atom stereocenters. The summed E-state index contributed by atoms with van der Waals surface area (Å²) in [5.41, 5.74) is 0. The van der Waals surface area contributed by atoms with Gasteiger partial charge < -0.3 is 5.11 Å². The zero-order chi connectivity index (χ0) is 10.0. The molecule has 0 spiro atoms. The Kier molecular flexibility index (Phi) is 3.88. The van der Waals surface area contributed by atoms with Crippen LogP contribution in [0, 0.1) is 5.92 Å². The van der Waals surface area contributed by atoms with E-state index in [1.165, 1.54) is 0 Å². The van der Waals surface area contributed by atoms with Crippen molar-refractivity contribution in [3.8, 4) is 0 Å². The number of hydrogen-bond donors (Lipinski definition) is 1. The van der Waals surface area contributed by atoms with Gasteiger partial charge in [0.05, 0.1) is 17.1 Å². The highest BCUT2D eigenvalue weighted by Gasteiger charge is 2.27. The summed E-state index contributed by atoms with van der Waals surface area (Å²) in [7, 11) is -0.926. The molecular formula is C9H19NO2S. The molecule has 0 aromatic rings. The van der Waals surface area contributed by atoms with Crippen LogP contribution in [-0.4, -0.2) is 38.1 Å². The number of aliphatic hydroxyl groups excluding tert-OH is 1. The van der Waals surface area contributed by atoms with Crippen LogP contribution in [-0.2, 0) is 11.0 Å². The first-order valence-corrected chi connectivity index (χ1v) is 6.01. The molecule has 1 heterocycles. The highest BCUT2D eigenvalue weighted by atomic mass is 32.2. The van der Waals surface area contributed by atoms with E-state index in [0.29, 0.717) is 12.5 Å². The summed E-state index contributed by atoms with van der Waals surface area (Å²) >= 11 is 0. The lowest BCUT2D eigenvalue weighted by Gasteiger charge is -2.33. The van der Waals surface area contributed by atoms with Gasteiger partial charge in [0.1, 0.15) is 0 Å². The summed E-state index contributed by atoms with van der Waals surface area (Å²) in [6, 6.07) is 0. The van der Waals surface area contributed by atoms with E-state index in [4.69, 9.17) is 0 Å². The van der Waals surface area contributed by atoms with Crippen molar-refractivity contribution in [1.29, 1.82) is 0 Å². The van der Waals surface area contributed by atoms with Crippen molar-refractivity contribution in [3.05, 3.63) is 0 Å². The molecule has 3 nitrogen and oxygen atoms in total. The van der Waals surface area contributed by atoms with Crippen LogP contribution >= 0.6 is 0 Å². The molecule has 78 valence electrons. The maximum absolute atomic E-state index is 11.7. The van der Waals surface area contributed by atoms with E-state index in [9.17, 15) is 9.32 Å². The van der Waals surface area contributed by atoms with Crippen molar-refractivity contribution in [3.63, 3.8) is 0 Å². The molecule has 3 unspecified atom stereocenters. The number of aliphatic hydroxyl groups is 1. The lowest BCUT2D eigenvalue weighted by molar-refractivity contribution is 0.0842. The lowest BCUT2D eigenvalue weighted by Crippen LogP contribution is -2.44. The first kappa shape index (κ1) is 11.1. The van der Waals surface area contributed by atoms with Gasteiger partial charge in [0.2, 0.25) is 0 Å². The molecule has 0 radical (unpaired) electrons. The molecule has 0 bridgehead atoms. The van der Waals surface area contributed by atoms with Crippen molar-refractivity contribution in [1.82, 2.24) is 4.31 Å². The van der Waals surface area contributed by atoms with E-state index in [-0.39, 0.29) is 11.4 Å². The van der Waals surface area contributed by atoms with Crippen LogP contribution < -0.4 is 0 Å². The number of nitrogens with zero attached hydrogens (tertiary/aromatic N) is 1. The van der Waals surface area contributed by atoms with Crippen molar-refractivity contribution < 1.29 is 9.32 Å². The Hall–Kier alpha value is 0.0700. The standard InChI is InChI=1S/C9H19NO2S/c1-7(2)13(12)10-5-8(3)4-9(11)6-10/h7-9,11H,4-6H2,1-3H3. The maximum Gasteiger partial charge on any atom is 0.0969 e. The molecular weight excluding hydrogens is 186 g/mol. The van der Waals surface area contributed by atoms with Gasteiger partial charge in [-0.15, -0.1) is 0 Å². The fraction of sp³-hybridized carbons (Fsp3) is 1.00. The average molecular weight is 205 g/mol. The molecule has 0 aliphatic carbocycles. The third-order valence-electron chi connectivity index (χ3n) is 2.26. The van der Waals surface area contributed by atoms with Crippen LogP contribution in [0.5, 0.6) is 0 Å². The number of piperidine rings is 1. The van der Waals surface area contributed by atoms with Crippen LogP contribution in [0.15, 0.2) is 0 Å². The molecule has 0 aromatic heterocycles. The Labute approximate surface area is 82.7 Å². The van der Waals surface area contributed by atoms with E-state index >= 15 is 0 Å². The second kappa shape index (κ2) is 4.53.